The van der Waals surface area contributed by atoms with Crippen LogP contribution in [0.4, 0.5) is 8.78 Å². The van der Waals surface area contributed by atoms with Gasteiger partial charge in [0.2, 0.25) is 0 Å². The van der Waals surface area contributed by atoms with Crippen LogP contribution in [0.1, 0.15) is 28.4 Å². The second-order valence-electron chi connectivity index (χ2n) is 4.47. The molecule has 2 aromatic carbocycles. The molecule has 0 bridgehead atoms. The van der Waals surface area contributed by atoms with Crippen molar-refractivity contribution in [2.75, 3.05) is 0 Å². The minimum atomic E-state index is -1.18. The second kappa shape index (κ2) is 5.71. The highest BCUT2D eigenvalue weighted by molar-refractivity contribution is 5.96. The monoisotopic (exact) mass is 287 g/mol. The van der Waals surface area contributed by atoms with Gasteiger partial charge < -0.3 is 5.11 Å². The third-order valence-corrected chi connectivity index (χ3v) is 3.19. The van der Waals surface area contributed by atoms with E-state index in [4.69, 9.17) is 5.26 Å². The summed E-state index contributed by atoms with van der Waals surface area (Å²) in [7, 11) is 0. The summed E-state index contributed by atoms with van der Waals surface area (Å²) in [6.07, 6.45) is 0.661. The van der Waals surface area contributed by atoms with Crippen molar-refractivity contribution < 1.29 is 18.7 Å². The number of carbonyl (C=O) groups is 1. The van der Waals surface area contributed by atoms with Gasteiger partial charge in [0.25, 0.3) is 0 Å². The van der Waals surface area contributed by atoms with Gasteiger partial charge in [-0.1, -0.05) is 19.1 Å². The van der Waals surface area contributed by atoms with Crippen molar-refractivity contribution in [1.29, 1.82) is 5.26 Å². The van der Waals surface area contributed by atoms with E-state index in [9.17, 15) is 18.7 Å². The van der Waals surface area contributed by atoms with E-state index in [-0.39, 0.29) is 16.7 Å². The van der Waals surface area contributed by atoms with Crippen molar-refractivity contribution in [2.45, 2.75) is 13.3 Å². The molecule has 5 heteroatoms. The quantitative estimate of drug-likeness (QED) is 0.934. The second-order valence-corrected chi connectivity index (χ2v) is 4.47. The highest BCUT2D eigenvalue weighted by Crippen LogP contribution is 2.28. The van der Waals surface area contributed by atoms with Crippen molar-refractivity contribution in [1.82, 2.24) is 0 Å². The van der Waals surface area contributed by atoms with Gasteiger partial charge in [-0.3, -0.25) is 0 Å². The van der Waals surface area contributed by atoms with E-state index in [1.807, 2.05) is 6.92 Å². The van der Waals surface area contributed by atoms with Crippen LogP contribution in [0, 0.1) is 23.0 Å². The van der Waals surface area contributed by atoms with Gasteiger partial charge in [0.05, 0.1) is 5.56 Å². The molecule has 0 aliphatic carbocycles. The molecule has 0 amide bonds. The summed E-state index contributed by atoms with van der Waals surface area (Å²) in [6, 6.07) is 8.04. The Hall–Kier alpha value is -2.74. The largest absolute Gasteiger partial charge is 0.478 e. The lowest BCUT2D eigenvalue weighted by Crippen LogP contribution is -2.02. The Morgan fingerprint density at radius 1 is 1.24 bits per heavy atom. The van der Waals surface area contributed by atoms with Gasteiger partial charge in [-0.25, -0.2) is 13.6 Å². The van der Waals surface area contributed by atoms with Crippen LogP contribution in [-0.2, 0) is 6.42 Å². The van der Waals surface area contributed by atoms with Crippen LogP contribution in [0.3, 0.4) is 0 Å². The Labute approximate surface area is 120 Å². The number of hydrogen-bond donors (Lipinski definition) is 1. The molecule has 0 radical (unpaired) electrons. The summed E-state index contributed by atoms with van der Waals surface area (Å²) >= 11 is 0. The average molecular weight is 287 g/mol. The van der Waals surface area contributed by atoms with Gasteiger partial charge in [0, 0.05) is 0 Å². The van der Waals surface area contributed by atoms with Gasteiger partial charge in [0.1, 0.15) is 23.3 Å². The van der Waals surface area contributed by atoms with E-state index in [2.05, 4.69) is 0 Å². The first kappa shape index (κ1) is 14.7. The Morgan fingerprint density at radius 2 is 1.86 bits per heavy atom. The molecule has 3 nitrogen and oxygen atoms in total. The number of carboxylic acid groups (broad SMARTS) is 1. The fourth-order valence-corrected chi connectivity index (χ4v) is 2.07. The third kappa shape index (κ3) is 2.75. The van der Waals surface area contributed by atoms with Crippen LogP contribution in [0.25, 0.3) is 11.1 Å². The van der Waals surface area contributed by atoms with Crippen molar-refractivity contribution in [3.05, 3.63) is 58.7 Å². The number of carboxylic acids is 1. The van der Waals surface area contributed by atoms with E-state index in [1.54, 1.807) is 12.1 Å². The molecule has 0 atom stereocenters. The lowest BCUT2D eigenvalue weighted by atomic mass is 9.95. The predicted octanol–water partition coefficient (Wildman–Crippen LogP) is 3.76. The van der Waals surface area contributed by atoms with Gasteiger partial charge in [-0.05, 0) is 41.3 Å². The maximum Gasteiger partial charge on any atom is 0.336 e. The van der Waals surface area contributed by atoms with Crippen molar-refractivity contribution >= 4 is 5.97 Å². The molecule has 2 rings (SSSR count). The zero-order chi connectivity index (χ0) is 15.6. The Bertz CT molecular complexity index is 740. The molecule has 0 saturated carbocycles. The van der Waals surface area contributed by atoms with E-state index < -0.39 is 23.2 Å². The zero-order valence-corrected chi connectivity index (χ0v) is 11.2. The molecule has 106 valence electrons. The number of halogens is 2. The normalized spacial score (nSPS) is 10.2. The molecular formula is C16H11F2NO2. The number of nitrogens with zero attached hydrogens (tertiary/aromatic N) is 1. The molecule has 2 aromatic rings. The molecule has 21 heavy (non-hydrogen) atoms. The fraction of sp³-hybridized carbons (Fsp3) is 0.125. The van der Waals surface area contributed by atoms with Crippen molar-refractivity contribution in [2.24, 2.45) is 0 Å². The highest BCUT2D eigenvalue weighted by Gasteiger charge is 2.16. The summed E-state index contributed by atoms with van der Waals surface area (Å²) in [5.74, 6) is -3.20. The number of hydrogen-bond acceptors (Lipinski definition) is 2. The number of nitriles is 1. The molecule has 0 spiro atoms. The van der Waals surface area contributed by atoms with Crippen LogP contribution in [0.15, 0.2) is 30.3 Å². The van der Waals surface area contributed by atoms with E-state index in [1.165, 1.54) is 12.1 Å². The lowest BCUT2D eigenvalue weighted by molar-refractivity contribution is 0.0697. The Kier molecular flexibility index (Phi) is 3.99. The number of aromatic carboxylic acids is 1. The fourth-order valence-electron chi connectivity index (χ4n) is 2.07. The zero-order valence-electron chi connectivity index (χ0n) is 11.2. The van der Waals surface area contributed by atoms with Crippen molar-refractivity contribution in [3.8, 4) is 17.2 Å². The first-order chi connectivity index (χ1) is 9.97. The molecular weight excluding hydrogens is 276 g/mol. The average Bonchev–Trinajstić information content (AvgIpc) is 2.46. The molecule has 0 heterocycles. The summed E-state index contributed by atoms with van der Waals surface area (Å²) in [5.41, 5.74) is 0.444. The molecule has 0 fully saturated rings. The maximum absolute atomic E-state index is 13.7. The van der Waals surface area contributed by atoms with Crippen molar-refractivity contribution in [3.63, 3.8) is 0 Å². The maximum atomic E-state index is 13.7. The number of aryl methyl sites for hydroxylation is 1. The topological polar surface area (TPSA) is 61.1 Å². The van der Waals surface area contributed by atoms with Gasteiger partial charge in [0.15, 0.2) is 0 Å². The van der Waals surface area contributed by atoms with Crippen LogP contribution in [0.5, 0.6) is 0 Å². The predicted molar refractivity (Wildman–Crippen MR) is 72.8 cm³/mol. The summed E-state index contributed by atoms with van der Waals surface area (Å²) in [5, 5.41) is 17.9. The lowest BCUT2D eigenvalue weighted by Gasteiger charge is -2.10. The molecule has 0 aliphatic rings. The molecule has 1 N–H and O–H groups in total. The van der Waals surface area contributed by atoms with Crippen LogP contribution in [0.2, 0.25) is 0 Å². The number of rotatable bonds is 3. The number of benzene rings is 2. The first-order valence-electron chi connectivity index (χ1n) is 6.23. The SMILES string of the molecule is CCc1ccc(C(=O)O)c(-c2cc(F)c(C#N)c(F)c2)c1. The summed E-state index contributed by atoms with van der Waals surface area (Å²) in [4.78, 5) is 11.2. The summed E-state index contributed by atoms with van der Waals surface area (Å²) in [6.45, 7) is 1.89. The van der Waals surface area contributed by atoms with E-state index in [0.29, 0.717) is 6.42 Å². The Morgan fingerprint density at radius 3 is 2.33 bits per heavy atom. The van der Waals surface area contributed by atoms with Crippen LogP contribution in [-0.4, -0.2) is 11.1 Å². The molecule has 0 aliphatic heterocycles. The van der Waals surface area contributed by atoms with Gasteiger partial charge in [-0.15, -0.1) is 0 Å². The van der Waals surface area contributed by atoms with E-state index in [0.717, 1.165) is 17.7 Å². The Balaban J connectivity index is 2.71. The summed E-state index contributed by atoms with van der Waals surface area (Å²) < 4.78 is 27.4. The molecule has 0 saturated heterocycles. The first-order valence-corrected chi connectivity index (χ1v) is 6.23. The smallest absolute Gasteiger partial charge is 0.336 e. The van der Waals surface area contributed by atoms with Crippen LogP contribution < -0.4 is 0 Å². The standard InChI is InChI=1S/C16H11F2NO2/c1-2-9-3-4-11(16(20)21)12(5-9)10-6-14(17)13(8-19)15(18)7-10/h3-7H,2H2,1H3,(H,20,21). The van der Waals surface area contributed by atoms with E-state index >= 15 is 0 Å². The van der Waals surface area contributed by atoms with Gasteiger partial charge >= 0.3 is 5.97 Å². The van der Waals surface area contributed by atoms with Gasteiger partial charge in [-0.2, -0.15) is 5.26 Å². The third-order valence-electron chi connectivity index (χ3n) is 3.19. The molecule has 0 unspecified atom stereocenters. The minimum absolute atomic E-state index is 0.0456. The minimum Gasteiger partial charge on any atom is -0.478 e. The highest BCUT2D eigenvalue weighted by atomic mass is 19.1. The molecule has 0 aromatic heterocycles. The van der Waals surface area contributed by atoms with Crippen LogP contribution >= 0.6 is 0 Å².